The Labute approximate surface area is 118 Å². The third-order valence-electron chi connectivity index (χ3n) is 2.78. The molecule has 0 radical (unpaired) electrons. The lowest BCUT2D eigenvalue weighted by Crippen LogP contribution is -2.21. The van der Waals surface area contributed by atoms with Crippen LogP contribution in [0.25, 0.3) is 0 Å². The van der Waals surface area contributed by atoms with E-state index in [0.717, 1.165) is 5.41 Å². The van der Waals surface area contributed by atoms with Gasteiger partial charge in [0.05, 0.1) is 16.7 Å². The number of sulfone groups is 1. The summed E-state index contributed by atoms with van der Waals surface area (Å²) in [7, 11) is -3.38. The van der Waals surface area contributed by atoms with Gasteiger partial charge in [0.1, 0.15) is 17.1 Å². The molecule has 2 rings (SSSR count). The summed E-state index contributed by atoms with van der Waals surface area (Å²) in [5.74, 6) is -3.10. The van der Waals surface area contributed by atoms with E-state index in [1.807, 2.05) is 0 Å². The van der Waals surface area contributed by atoms with E-state index in [1.165, 1.54) is 6.08 Å². The maximum atomic E-state index is 13.6. The van der Waals surface area contributed by atoms with Crippen LogP contribution in [0.3, 0.4) is 0 Å². The minimum Gasteiger partial charge on any atom is -0.478 e. The molecule has 0 saturated carbocycles. The summed E-state index contributed by atoms with van der Waals surface area (Å²) in [6.45, 7) is 0. The number of halogens is 1. The van der Waals surface area contributed by atoms with Gasteiger partial charge in [-0.25, -0.2) is 17.6 Å². The lowest BCUT2D eigenvalue weighted by molar-refractivity contribution is -0.384. The summed E-state index contributed by atoms with van der Waals surface area (Å²) in [5, 5.41) is 23.1. The highest BCUT2D eigenvalue weighted by atomic mass is 32.2. The Morgan fingerprint density at radius 2 is 2.14 bits per heavy atom. The minimum atomic E-state index is -3.38. The predicted octanol–water partition coefficient (Wildman–Crippen LogP) is 1.15. The molecule has 1 heterocycles. The molecule has 1 unspecified atom stereocenters. The van der Waals surface area contributed by atoms with E-state index in [2.05, 4.69) is 5.32 Å². The number of carbonyl (C=O) groups is 1. The Morgan fingerprint density at radius 3 is 2.62 bits per heavy atom. The number of nitro groups is 1. The second-order valence-corrected chi connectivity index (χ2v) is 6.25. The van der Waals surface area contributed by atoms with Gasteiger partial charge in [-0.2, -0.15) is 0 Å². The molecule has 0 aromatic heterocycles. The van der Waals surface area contributed by atoms with Gasteiger partial charge in [-0.05, 0) is 0 Å². The van der Waals surface area contributed by atoms with Crippen LogP contribution in [-0.2, 0) is 9.84 Å². The Balaban J connectivity index is 2.39. The highest BCUT2D eigenvalue weighted by Crippen LogP contribution is 2.29. The van der Waals surface area contributed by atoms with Crippen LogP contribution in [0.1, 0.15) is 10.4 Å². The van der Waals surface area contributed by atoms with E-state index >= 15 is 0 Å². The fraction of sp³-hybridized carbons (Fsp3) is 0.182. The zero-order chi connectivity index (χ0) is 15.8. The van der Waals surface area contributed by atoms with Gasteiger partial charge >= 0.3 is 5.97 Å². The minimum absolute atomic E-state index is 0.283. The molecule has 21 heavy (non-hydrogen) atoms. The Bertz CT molecular complexity index is 758. The lowest BCUT2D eigenvalue weighted by atomic mass is 10.1. The zero-order valence-electron chi connectivity index (χ0n) is 10.3. The summed E-state index contributed by atoms with van der Waals surface area (Å²) in [6.07, 6.45) is 1.28. The molecular weight excluding hydrogens is 307 g/mol. The number of carboxylic acids is 1. The van der Waals surface area contributed by atoms with Crippen molar-refractivity contribution in [3.05, 3.63) is 45.1 Å². The van der Waals surface area contributed by atoms with Crippen molar-refractivity contribution in [1.82, 2.24) is 0 Å². The third-order valence-corrected chi connectivity index (χ3v) is 4.18. The van der Waals surface area contributed by atoms with Crippen molar-refractivity contribution in [2.75, 3.05) is 11.1 Å². The SMILES string of the molecule is O=C(O)c1cc([N+](=O)[O-])c(NC2C=CS(=O)(=O)C2)cc1F. The molecule has 0 amide bonds. The first-order chi connectivity index (χ1) is 9.69. The number of benzene rings is 1. The quantitative estimate of drug-likeness (QED) is 0.630. The molecule has 1 atom stereocenters. The molecule has 0 bridgehead atoms. The van der Waals surface area contributed by atoms with Crippen LogP contribution in [0.4, 0.5) is 15.8 Å². The molecule has 0 saturated heterocycles. The monoisotopic (exact) mass is 316 g/mol. The van der Waals surface area contributed by atoms with Crippen molar-refractivity contribution in [3.63, 3.8) is 0 Å². The summed E-state index contributed by atoms with van der Waals surface area (Å²) >= 11 is 0. The molecule has 2 N–H and O–H groups in total. The van der Waals surface area contributed by atoms with E-state index in [-0.39, 0.29) is 11.4 Å². The molecule has 1 aliphatic rings. The fourth-order valence-corrected chi connectivity index (χ4v) is 3.09. The van der Waals surface area contributed by atoms with Crippen molar-refractivity contribution in [1.29, 1.82) is 0 Å². The van der Waals surface area contributed by atoms with Crippen molar-refractivity contribution >= 4 is 27.2 Å². The van der Waals surface area contributed by atoms with Gasteiger partial charge in [0.2, 0.25) is 0 Å². The standard InChI is InChI=1S/C11H9FN2O6S/c12-8-4-9(13-6-1-2-21(19,20)5-6)10(14(17)18)3-7(8)11(15)16/h1-4,6,13H,5H2,(H,15,16). The Hall–Kier alpha value is -2.49. The highest BCUT2D eigenvalue weighted by molar-refractivity contribution is 7.94. The number of rotatable bonds is 4. The van der Waals surface area contributed by atoms with Crippen LogP contribution in [-0.4, -0.2) is 36.2 Å². The van der Waals surface area contributed by atoms with Crippen LogP contribution < -0.4 is 5.32 Å². The summed E-state index contributed by atoms with van der Waals surface area (Å²) in [4.78, 5) is 20.8. The van der Waals surface area contributed by atoms with Crippen LogP contribution in [0, 0.1) is 15.9 Å². The molecule has 1 aliphatic heterocycles. The maximum Gasteiger partial charge on any atom is 0.338 e. The molecule has 10 heteroatoms. The average Bonchev–Trinajstić information content (AvgIpc) is 2.67. The molecule has 0 fully saturated rings. The third kappa shape index (κ3) is 3.16. The molecular formula is C11H9FN2O6S. The van der Waals surface area contributed by atoms with Crippen LogP contribution >= 0.6 is 0 Å². The van der Waals surface area contributed by atoms with Crippen molar-refractivity contribution in [3.8, 4) is 0 Å². The Morgan fingerprint density at radius 1 is 1.48 bits per heavy atom. The van der Waals surface area contributed by atoms with Gasteiger partial charge in [0.25, 0.3) is 5.69 Å². The second kappa shape index (κ2) is 5.13. The number of hydrogen-bond acceptors (Lipinski definition) is 6. The molecule has 0 spiro atoms. The summed E-state index contributed by atoms with van der Waals surface area (Å²) in [5.41, 5.74) is -1.76. The molecule has 0 aliphatic carbocycles. The number of hydrogen-bond donors (Lipinski definition) is 2. The van der Waals surface area contributed by atoms with Gasteiger partial charge < -0.3 is 10.4 Å². The van der Waals surface area contributed by atoms with Crippen molar-refractivity contribution in [2.45, 2.75) is 6.04 Å². The first-order valence-corrected chi connectivity index (χ1v) is 7.30. The van der Waals surface area contributed by atoms with E-state index in [0.29, 0.717) is 12.1 Å². The van der Waals surface area contributed by atoms with E-state index in [4.69, 9.17) is 5.11 Å². The number of anilines is 1. The van der Waals surface area contributed by atoms with E-state index < -0.39 is 43.8 Å². The van der Waals surface area contributed by atoms with Gasteiger partial charge in [-0.3, -0.25) is 10.1 Å². The topological polar surface area (TPSA) is 127 Å². The number of nitrogens with zero attached hydrogens (tertiary/aromatic N) is 1. The number of carboxylic acid groups (broad SMARTS) is 1. The molecule has 1 aromatic carbocycles. The summed E-state index contributed by atoms with van der Waals surface area (Å²) < 4.78 is 36.1. The molecule has 112 valence electrons. The van der Waals surface area contributed by atoms with Crippen LogP contribution in [0.5, 0.6) is 0 Å². The van der Waals surface area contributed by atoms with Crippen molar-refractivity contribution in [2.24, 2.45) is 0 Å². The number of nitrogens with one attached hydrogen (secondary N) is 1. The highest BCUT2D eigenvalue weighted by Gasteiger charge is 2.26. The summed E-state index contributed by atoms with van der Waals surface area (Å²) in [6, 6.07) is 0.511. The first kappa shape index (κ1) is 14.9. The fourth-order valence-electron chi connectivity index (χ4n) is 1.86. The molecule has 1 aromatic rings. The smallest absolute Gasteiger partial charge is 0.338 e. The van der Waals surface area contributed by atoms with Gasteiger partial charge in [0, 0.05) is 17.5 Å². The van der Waals surface area contributed by atoms with Gasteiger partial charge in [-0.15, -0.1) is 0 Å². The average molecular weight is 316 g/mol. The van der Waals surface area contributed by atoms with Crippen LogP contribution in [0.15, 0.2) is 23.6 Å². The van der Waals surface area contributed by atoms with E-state index in [9.17, 15) is 27.7 Å². The van der Waals surface area contributed by atoms with Crippen molar-refractivity contribution < 1.29 is 27.6 Å². The first-order valence-electron chi connectivity index (χ1n) is 5.58. The maximum absolute atomic E-state index is 13.6. The lowest BCUT2D eigenvalue weighted by Gasteiger charge is -2.12. The van der Waals surface area contributed by atoms with Gasteiger partial charge in [-0.1, -0.05) is 6.08 Å². The second-order valence-electron chi connectivity index (χ2n) is 4.32. The number of aromatic carboxylic acids is 1. The molecule has 8 nitrogen and oxygen atoms in total. The zero-order valence-corrected chi connectivity index (χ0v) is 11.1. The predicted molar refractivity (Wildman–Crippen MR) is 70.4 cm³/mol. The van der Waals surface area contributed by atoms with E-state index in [1.54, 1.807) is 0 Å². The van der Waals surface area contributed by atoms with Gasteiger partial charge in [0.15, 0.2) is 9.84 Å². The largest absolute Gasteiger partial charge is 0.478 e. The normalized spacial score (nSPS) is 19.4. The Kier molecular flexibility index (Phi) is 3.64. The van der Waals surface area contributed by atoms with Crippen LogP contribution in [0.2, 0.25) is 0 Å². The number of nitro benzene ring substituents is 1.